The highest BCUT2D eigenvalue weighted by Gasteiger charge is 2.35. The van der Waals surface area contributed by atoms with Crippen LogP contribution >= 0.6 is 0 Å². The number of carboxylic acid groups (broad SMARTS) is 1. The Kier molecular flexibility index (Phi) is 6.56. The molecule has 0 aromatic carbocycles. The number of carbonyl (C=O) groups excluding carboxylic acids is 1. The summed E-state index contributed by atoms with van der Waals surface area (Å²) in [6, 6.07) is 2.26. The summed E-state index contributed by atoms with van der Waals surface area (Å²) in [5, 5.41) is 12.1. The van der Waals surface area contributed by atoms with Gasteiger partial charge in [-0.25, -0.2) is 4.79 Å². The monoisotopic (exact) mass is 391 g/mol. The lowest BCUT2D eigenvalue weighted by Crippen LogP contribution is -2.59. The molecule has 2 aliphatic rings. The highest BCUT2D eigenvalue weighted by molar-refractivity contribution is 5.75. The van der Waals surface area contributed by atoms with Gasteiger partial charge in [0.25, 0.3) is 0 Å². The number of carbonyl (C=O) groups is 2. The van der Waals surface area contributed by atoms with E-state index in [0.29, 0.717) is 19.6 Å². The molecule has 2 N–H and O–H groups in total. The van der Waals surface area contributed by atoms with Gasteiger partial charge in [0.05, 0.1) is 25.5 Å². The molecule has 0 radical (unpaired) electrons. The van der Waals surface area contributed by atoms with Crippen LogP contribution < -0.4 is 15.0 Å². The molecule has 9 heteroatoms. The summed E-state index contributed by atoms with van der Waals surface area (Å²) in [5.74, 6) is -0.0687. The first kappa shape index (κ1) is 20.2. The number of carboxylic acids is 1. The summed E-state index contributed by atoms with van der Waals surface area (Å²) >= 11 is 0. The van der Waals surface area contributed by atoms with E-state index in [-0.39, 0.29) is 24.7 Å². The number of piperazine rings is 1. The van der Waals surface area contributed by atoms with Gasteiger partial charge in [0.2, 0.25) is 0 Å². The Morgan fingerprint density at radius 1 is 1.32 bits per heavy atom. The number of likely N-dealkylation sites (N-methyl/N-ethyl adjacent to an activating group) is 1. The average molecular weight is 391 g/mol. The van der Waals surface area contributed by atoms with Crippen LogP contribution in [0, 0.1) is 0 Å². The number of ether oxygens (including phenoxy) is 1. The largest absolute Gasteiger partial charge is 0.493 e. The van der Waals surface area contributed by atoms with Gasteiger partial charge in [-0.05, 0) is 25.5 Å². The summed E-state index contributed by atoms with van der Waals surface area (Å²) in [4.78, 5) is 33.5. The normalized spacial score (nSPS) is 22.0. The van der Waals surface area contributed by atoms with Crippen molar-refractivity contribution < 1.29 is 19.4 Å². The summed E-state index contributed by atoms with van der Waals surface area (Å²) in [5.41, 5.74) is 0.998. The van der Waals surface area contributed by atoms with Crippen molar-refractivity contribution >= 4 is 17.7 Å². The maximum Gasteiger partial charge on any atom is 0.317 e. The number of amides is 2. The van der Waals surface area contributed by atoms with E-state index in [9.17, 15) is 9.59 Å². The van der Waals surface area contributed by atoms with Crippen LogP contribution in [0.15, 0.2) is 18.5 Å². The first-order valence-corrected chi connectivity index (χ1v) is 9.76. The van der Waals surface area contributed by atoms with Crippen LogP contribution in [-0.4, -0.2) is 90.4 Å². The Bertz CT molecular complexity index is 687. The number of nitrogens with zero attached hydrogens (tertiary/aromatic N) is 4. The Morgan fingerprint density at radius 3 is 2.64 bits per heavy atom. The van der Waals surface area contributed by atoms with E-state index in [1.165, 1.54) is 0 Å². The van der Waals surface area contributed by atoms with Crippen LogP contribution in [0.2, 0.25) is 0 Å². The number of rotatable bonds is 7. The molecule has 1 saturated carbocycles. The second kappa shape index (κ2) is 9.09. The highest BCUT2D eigenvalue weighted by Crippen LogP contribution is 2.28. The number of methoxy groups -OCH3 is 1. The van der Waals surface area contributed by atoms with Crippen molar-refractivity contribution in [1.29, 1.82) is 0 Å². The molecule has 1 aromatic heterocycles. The number of anilines is 1. The number of aliphatic carboxylic acids is 1. The molecule has 1 aliphatic carbocycles. The molecular formula is C19H29N5O4. The second-order valence-electron chi connectivity index (χ2n) is 7.25. The van der Waals surface area contributed by atoms with Gasteiger partial charge in [0, 0.05) is 44.5 Å². The predicted molar refractivity (Wildman–Crippen MR) is 105 cm³/mol. The Labute approximate surface area is 165 Å². The molecule has 9 nitrogen and oxygen atoms in total. The number of pyridine rings is 1. The first-order chi connectivity index (χ1) is 13.5. The van der Waals surface area contributed by atoms with Crippen molar-refractivity contribution in [1.82, 2.24) is 20.1 Å². The number of urea groups is 1. The number of nitrogens with one attached hydrogen (secondary N) is 1. The number of hydrogen-bond donors (Lipinski definition) is 2. The zero-order valence-electron chi connectivity index (χ0n) is 16.5. The molecule has 2 amide bonds. The zero-order chi connectivity index (χ0) is 20.1. The van der Waals surface area contributed by atoms with Crippen molar-refractivity contribution in [2.24, 2.45) is 0 Å². The summed E-state index contributed by atoms with van der Waals surface area (Å²) in [7, 11) is 1.63. The summed E-state index contributed by atoms with van der Waals surface area (Å²) in [6.45, 7) is 5.50. The molecule has 3 rings (SSSR count). The van der Waals surface area contributed by atoms with Gasteiger partial charge >= 0.3 is 12.0 Å². The lowest BCUT2D eigenvalue weighted by atomic mass is 9.85. The maximum atomic E-state index is 12.5. The quantitative estimate of drug-likeness (QED) is 0.711. The van der Waals surface area contributed by atoms with E-state index in [4.69, 9.17) is 9.84 Å². The van der Waals surface area contributed by atoms with E-state index in [2.05, 4.69) is 15.2 Å². The maximum absolute atomic E-state index is 12.5. The average Bonchev–Trinajstić information content (AvgIpc) is 2.68. The van der Waals surface area contributed by atoms with Gasteiger partial charge in [0.15, 0.2) is 5.75 Å². The van der Waals surface area contributed by atoms with Crippen LogP contribution in [0.3, 0.4) is 0 Å². The molecule has 2 heterocycles. The van der Waals surface area contributed by atoms with Crippen molar-refractivity contribution in [3.63, 3.8) is 0 Å². The smallest absolute Gasteiger partial charge is 0.317 e. The number of aromatic nitrogens is 1. The van der Waals surface area contributed by atoms with Crippen LogP contribution in [0.5, 0.6) is 5.75 Å². The van der Waals surface area contributed by atoms with Crippen molar-refractivity contribution in [3.05, 3.63) is 18.5 Å². The Hall–Kier alpha value is -2.55. The molecule has 154 valence electrons. The van der Waals surface area contributed by atoms with Gasteiger partial charge in [-0.1, -0.05) is 6.92 Å². The molecule has 1 saturated heterocycles. The van der Waals surface area contributed by atoms with Crippen LogP contribution in [0.4, 0.5) is 10.5 Å². The molecule has 0 bridgehead atoms. The van der Waals surface area contributed by atoms with E-state index < -0.39 is 5.97 Å². The molecule has 0 atom stereocenters. The standard InChI is InChI=1S/C19H29N5O4/c1-3-22(13-18(25)26)15-10-14(11-15)21-19(27)24-8-6-23(7-9-24)16-4-5-20-12-17(16)28-2/h4-5,12,14-15H,3,6-11,13H2,1-2H3,(H,21,27)(H,25,26). The minimum atomic E-state index is -0.807. The molecule has 28 heavy (non-hydrogen) atoms. The SMILES string of the molecule is CCN(CC(=O)O)C1CC(NC(=O)N2CCN(c3ccncc3OC)CC2)C1. The van der Waals surface area contributed by atoms with E-state index in [1.807, 2.05) is 22.8 Å². The van der Waals surface area contributed by atoms with Crippen molar-refractivity contribution in [2.45, 2.75) is 31.8 Å². The fourth-order valence-corrected chi connectivity index (χ4v) is 3.88. The van der Waals surface area contributed by atoms with Crippen molar-refractivity contribution in [2.75, 3.05) is 51.3 Å². The van der Waals surface area contributed by atoms with Gasteiger partial charge < -0.3 is 25.0 Å². The summed E-state index contributed by atoms with van der Waals surface area (Å²) in [6.07, 6.45) is 5.06. The number of hydrogen-bond acceptors (Lipinski definition) is 6. The van der Waals surface area contributed by atoms with Gasteiger partial charge in [0.1, 0.15) is 0 Å². The minimum Gasteiger partial charge on any atom is -0.493 e. The van der Waals surface area contributed by atoms with Gasteiger partial charge in [-0.15, -0.1) is 0 Å². The molecule has 0 spiro atoms. The highest BCUT2D eigenvalue weighted by atomic mass is 16.5. The third-order valence-electron chi connectivity index (χ3n) is 5.59. The third-order valence-corrected chi connectivity index (χ3v) is 5.59. The zero-order valence-corrected chi connectivity index (χ0v) is 16.5. The van der Waals surface area contributed by atoms with Crippen LogP contribution in [-0.2, 0) is 4.79 Å². The Balaban J connectivity index is 1.43. The van der Waals surface area contributed by atoms with E-state index in [1.54, 1.807) is 19.5 Å². The fraction of sp³-hybridized carbons (Fsp3) is 0.632. The van der Waals surface area contributed by atoms with Crippen LogP contribution in [0.1, 0.15) is 19.8 Å². The van der Waals surface area contributed by atoms with Gasteiger partial charge in [-0.2, -0.15) is 0 Å². The van der Waals surface area contributed by atoms with Crippen LogP contribution in [0.25, 0.3) is 0 Å². The third kappa shape index (κ3) is 4.64. The first-order valence-electron chi connectivity index (χ1n) is 9.76. The molecular weight excluding hydrogens is 362 g/mol. The lowest BCUT2D eigenvalue weighted by molar-refractivity contribution is -0.139. The Morgan fingerprint density at radius 2 is 2.04 bits per heavy atom. The lowest BCUT2D eigenvalue weighted by Gasteiger charge is -2.43. The van der Waals surface area contributed by atoms with E-state index >= 15 is 0 Å². The van der Waals surface area contributed by atoms with E-state index in [0.717, 1.165) is 37.4 Å². The minimum absolute atomic E-state index is 0.0360. The van der Waals surface area contributed by atoms with Gasteiger partial charge in [-0.3, -0.25) is 14.7 Å². The molecule has 1 aliphatic heterocycles. The fourth-order valence-electron chi connectivity index (χ4n) is 3.88. The summed E-state index contributed by atoms with van der Waals surface area (Å²) < 4.78 is 5.37. The molecule has 1 aromatic rings. The second-order valence-corrected chi connectivity index (χ2v) is 7.25. The molecule has 0 unspecified atom stereocenters. The van der Waals surface area contributed by atoms with Crippen molar-refractivity contribution in [3.8, 4) is 5.75 Å². The predicted octanol–water partition coefficient (Wildman–Crippen LogP) is 0.859. The topological polar surface area (TPSA) is 98.2 Å². The molecule has 2 fully saturated rings.